The Morgan fingerprint density at radius 2 is 1.46 bits per heavy atom. The molecule has 0 heterocycles. The summed E-state index contributed by atoms with van der Waals surface area (Å²) in [5.41, 5.74) is 2.32. The van der Waals surface area contributed by atoms with Crippen LogP contribution in [-0.4, -0.2) is 34.7 Å². The van der Waals surface area contributed by atoms with Gasteiger partial charge in [-0.3, -0.25) is 0 Å². The minimum atomic E-state index is -1.88. The molecule has 0 aliphatic heterocycles. The summed E-state index contributed by atoms with van der Waals surface area (Å²) in [6, 6.07) is 0. The Bertz CT molecular complexity index is 539. The predicted molar refractivity (Wildman–Crippen MR) is 121 cm³/mol. The van der Waals surface area contributed by atoms with Crippen LogP contribution in [0.1, 0.15) is 54.4 Å². The van der Waals surface area contributed by atoms with Gasteiger partial charge in [-0.25, -0.2) is 0 Å². The van der Waals surface area contributed by atoms with E-state index in [1.807, 2.05) is 0 Å². The number of allylic oxidation sites excluding steroid dienone is 1. The smallest absolute Gasteiger partial charge is 0.192 e. The molecule has 1 saturated carbocycles. The van der Waals surface area contributed by atoms with Crippen molar-refractivity contribution in [2.24, 2.45) is 0 Å². The largest absolute Gasteiger partial charge is 0.413 e. The second kappa shape index (κ2) is 8.24. The lowest BCUT2D eigenvalue weighted by Gasteiger charge is -2.45. The standard InChI is InChI=1S/C21H41ClO2Si2/c1-16-17(12-13-22)14-18(23-25(8,9)20(2,3)4)15-19(16)24-26(10,11)21(5,6)7/h12,18-19H,1,13-15H2,2-11H3/b17-12-. The summed E-state index contributed by atoms with van der Waals surface area (Å²) in [4.78, 5) is 0. The van der Waals surface area contributed by atoms with Crippen molar-refractivity contribution in [1.29, 1.82) is 0 Å². The minimum Gasteiger partial charge on any atom is -0.413 e. The Labute approximate surface area is 169 Å². The molecule has 0 aromatic carbocycles. The van der Waals surface area contributed by atoms with Crippen LogP contribution in [0.15, 0.2) is 23.8 Å². The van der Waals surface area contributed by atoms with Crippen molar-refractivity contribution in [3.63, 3.8) is 0 Å². The van der Waals surface area contributed by atoms with E-state index in [9.17, 15) is 0 Å². The molecule has 152 valence electrons. The highest BCUT2D eigenvalue weighted by atomic mass is 35.5. The molecule has 1 aliphatic rings. The molecular formula is C21H41ClO2Si2. The molecule has 0 saturated heterocycles. The van der Waals surface area contributed by atoms with Crippen molar-refractivity contribution in [2.45, 2.75) is 103 Å². The number of alkyl halides is 1. The van der Waals surface area contributed by atoms with Crippen LogP contribution in [-0.2, 0) is 8.85 Å². The maximum atomic E-state index is 6.75. The Morgan fingerprint density at radius 1 is 1.00 bits per heavy atom. The zero-order chi connectivity index (χ0) is 20.6. The molecule has 0 aromatic rings. The molecular weight excluding hydrogens is 376 g/mol. The maximum absolute atomic E-state index is 6.75. The first-order valence-electron chi connectivity index (χ1n) is 9.81. The second-order valence-corrected chi connectivity index (χ2v) is 20.5. The highest BCUT2D eigenvalue weighted by Gasteiger charge is 2.44. The Hall–Kier alpha value is 0.124. The van der Waals surface area contributed by atoms with Gasteiger partial charge in [0.25, 0.3) is 0 Å². The fraction of sp³-hybridized carbons (Fsp3) is 0.810. The molecule has 0 N–H and O–H groups in total. The monoisotopic (exact) mass is 416 g/mol. The van der Waals surface area contributed by atoms with Gasteiger partial charge in [-0.05, 0) is 53.8 Å². The molecule has 2 unspecified atom stereocenters. The van der Waals surface area contributed by atoms with Gasteiger partial charge in [0.1, 0.15) is 0 Å². The lowest BCUT2D eigenvalue weighted by Crippen LogP contribution is -2.49. The van der Waals surface area contributed by atoms with Crippen LogP contribution in [0, 0.1) is 0 Å². The highest BCUT2D eigenvalue weighted by molar-refractivity contribution is 6.74. The third-order valence-corrected chi connectivity index (χ3v) is 15.7. The lowest BCUT2D eigenvalue weighted by molar-refractivity contribution is 0.0969. The molecule has 1 fully saturated rings. The van der Waals surface area contributed by atoms with Crippen molar-refractivity contribution < 1.29 is 8.85 Å². The topological polar surface area (TPSA) is 18.5 Å². The molecule has 1 rings (SSSR count). The normalized spacial score (nSPS) is 25.0. The molecule has 0 spiro atoms. The average molecular weight is 417 g/mol. The number of rotatable bonds is 5. The van der Waals surface area contributed by atoms with Gasteiger partial charge >= 0.3 is 0 Å². The first-order valence-corrected chi connectivity index (χ1v) is 16.2. The van der Waals surface area contributed by atoms with E-state index >= 15 is 0 Å². The SMILES string of the molecule is C=C1/C(=C\CCl)CC(O[Si](C)(C)C(C)(C)C)CC1O[Si](C)(C)C(C)(C)C. The summed E-state index contributed by atoms with van der Waals surface area (Å²) in [6.45, 7) is 27.4. The van der Waals surface area contributed by atoms with Gasteiger partial charge in [0.2, 0.25) is 0 Å². The third kappa shape index (κ3) is 5.81. The van der Waals surface area contributed by atoms with Crippen LogP contribution in [0.2, 0.25) is 36.3 Å². The molecule has 0 bridgehead atoms. The zero-order valence-electron chi connectivity index (χ0n) is 18.8. The van der Waals surface area contributed by atoms with Crippen LogP contribution in [0.3, 0.4) is 0 Å². The van der Waals surface area contributed by atoms with Crippen molar-refractivity contribution in [3.05, 3.63) is 23.8 Å². The van der Waals surface area contributed by atoms with E-state index in [1.165, 1.54) is 5.57 Å². The van der Waals surface area contributed by atoms with Gasteiger partial charge in [-0.1, -0.05) is 54.2 Å². The molecule has 0 aromatic heterocycles. The van der Waals surface area contributed by atoms with Gasteiger partial charge < -0.3 is 8.85 Å². The van der Waals surface area contributed by atoms with Gasteiger partial charge in [-0.15, -0.1) is 11.6 Å². The van der Waals surface area contributed by atoms with Crippen LogP contribution in [0.5, 0.6) is 0 Å². The Kier molecular flexibility index (Phi) is 7.66. The van der Waals surface area contributed by atoms with E-state index in [4.69, 9.17) is 20.5 Å². The van der Waals surface area contributed by atoms with E-state index < -0.39 is 16.6 Å². The van der Waals surface area contributed by atoms with Crippen LogP contribution < -0.4 is 0 Å². The molecule has 26 heavy (non-hydrogen) atoms. The van der Waals surface area contributed by atoms with Crippen molar-refractivity contribution in [2.75, 3.05) is 5.88 Å². The zero-order valence-corrected chi connectivity index (χ0v) is 21.5. The minimum absolute atomic E-state index is 0.0360. The predicted octanol–water partition coefficient (Wildman–Crippen LogP) is 7.28. The van der Waals surface area contributed by atoms with Gasteiger partial charge in [0.05, 0.1) is 12.2 Å². The van der Waals surface area contributed by atoms with Gasteiger partial charge in [-0.2, -0.15) is 0 Å². The first-order chi connectivity index (χ1) is 11.5. The summed E-state index contributed by atoms with van der Waals surface area (Å²) in [6.07, 6.45) is 4.11. The second-order valence-electron chi connectivity index (χ2n) is 10.7. The average Bonchev–Trinajstić information content (AvgIpc) is 2.40. The van der Waals surface area contributed by atoms with E-state index in [0.29, 0.717) is 5.88 Å². The molecule has 2 nitrogen and oxygen atoms in total. The summed E-state index contributed by atoms with van der Waals surface area (Å²) in [5, 5.41) is 0.379. The fourth-order valence-corrected chi connectivity index (χ4v) is 5.55. The van der Waals surface area contributed by atoms with Gasteiger partial charge in [0, 0.05) is 12.3 Å². The van der Waals surface area contributed by atoms with Crippen molar-refractivity contribution in [1.82, 2.24) is 0 Å². The first kappa shape index (κ1) is 24.2. The van der Waals surface area contributed by atoms with Crippen molar-refractivity contribution in [3.8, 4) is 0 Å². The van der Waals surface area contributed by atoms with Crippen LogP contribution in [0.4, 0.5) is 0 Å². The maximum Gasteiger partial charge on any atom is 0.192 e. The Balaban J connectivity index is 3.08. The molecule has 1 aliphatic carbocycles. The van der Waals surface area contributed by atoms with E-state index in [2.05, 4.69) is 80.4 Å². The fourth-order valence-electron chi connectivity index (χ4n) is 2.69. The molecule has 5 heteroatoms. The van der Waals surface area contributed by atoms with Crippen LogP contribution >= 0.6 is 11.6 Å². The quantitative estimate of drug-likeness (QED) is 0.346. The highest BCUT2D eigenvalue weighted by Crippen LogP contribution is 2.43. The van der Waals surface area contributed by atoms with Crippen molar-refractivity contribution >= 4 is 28.2 Å². The number of halogens is 1. The third-order valence-electron chi connectivity index (χ3n) is 6.56. The number of hydrogen-bond acceptors (Lipinski definition) is 2. The van der Waals surface area contributed by atoms with E-state index in [1.54, 1.807) is 0 Å². The van der Waals surface area contributed by atoms with Crippen LogP contribution in [0.25, 0.3) is 0 Å². The summed E-state index contributed by atoms with van der Waals surface area (Å²) >= 11 is 6.03. The van der Waals surface area contributed by atoms with E-state index in [-0.39, 0.29) is 22.3 Å². The number of hydrogen-bond donors (Lipinski definition) is 0. The lowest BCUT2D eigenvalue weighted by atomic mass is 9.86. The summed E-state index contributed by atoms with van der Waals surface area (Å²) in [5.74, 6) is 0.508. The summed E-state index contributed by atoms with van der Waals surface area (Å²) in [7, 11) is -3.70. The van der Waals surface area contributed by atoms with E-state index in [0.717, 1.165) is 18.4 Å². The molecule has 0 radical (unpaired) electrons. The molecule has 2 atom stereocenters. The Morgan fingerprint density at radius 3 is 1.88 bits per heavy atom. The molecule has 0 amide bonds. The van der Waals surface area contributed by atoms with Gasteiger partial charge in [0.15, 0.2) is 16.6 Å². The summed E-state index contributed by atoms with van der Waals surface area (Å²) < 4.78 is 13.5.